The fourth-order valence-electron chi connectivity index (χ4n) is 3.63. The van der Waals surface area contributed by atoms with Crippen LogP contribution >= 0.6 is 11.3 Å². The van der Waals surface area contributed by atoms with E-state index in [1.165, 1.54) is 23.5 Å². The molecule has 0 saturated carbocycles. The Morgan fingerprint density at radius 3 is 2.81 bits per heavy atom. The molecule has 9 heteroatoms. The van der Waals surface area contributed by atoms with Gasteiger partial charge < -0.3 is 9.47 Å². The number of methoxy groups -OCH3 is 1. The lowest BCUT2D eigenvalue weighted by Gasteiger charge is -2.23. The second-order valence-electron chi connectivity index (χ2n) is 7.61. The van der Waals surface area contributed by atoms with Crippen LogP contribution in [0.15, 0.2) is 41.3 Å². The highest BCUT2D eigenvalue weighted by Gasteiger charge is 2.28. The Labute approximate surface area is 185 Å². The summed E-state index contributed by atoms with van der Waals surface area (Å²) in [5.41, 5.74) is 2.05. The van der Waals surface area contributed by atoms with Gasteiger partial charge in [0.25, 0.3) is 5.91 Å². The predicted octanol–water partition coefficient (Wildman–Crippen LogP) is 3.84. The summed E-state index contributed by atoms with van der Waals surface area (Å²) in [5, 5.41) is 0.535. The number of nitrogens with zero attached hydrogens (tertiary/aromatic N) is 2. The third kappa shape index (κ3) is 4.44. The molecule has 0 bridgehead atoms. The van der Waals surface area contributed by atoms with E-state index in [1.807, 2.05) is 19.1 Å². The van der Waals surface area contributed by atoms with E-state index >= 15 is 0 Å². The molecule has 0 N–H and O–H groups in total. The summed E-state index contributed by atoms with van der Waals surface area (Å²) in [7, 11) is -1.84. The standard InChI is InChI=1S/C22H24N2O5S2/c1-14-9-10-18(28-2)19-20(14)30-22(23-19)24(13-16-7-5-11-29-16)21(25)15-6-4-8-17(12-15)31(3,26)27/h4,6,8-10,12,16H,5,7,11,13H2,1-3H3. The lowest BCUT2D eigenvalue weighted by Crippen LogP contribution is -2.37. The Morgan fingerprint density at radius 2 is 2.13 bits per heavy atom. The number of thiazole rings is 1. The quantitative estimate of drug-likeness (QED) is 0.556. The van der Waals surface area contributed by atoms with Gasteiger partial charge in [-0.2, -0.15) is 0 Å². The van der Waals surface area contributed by atoms with E-state index < -0.39 is 9.84 Å². The zero-order chi connectivity index (χ0) is 22.2. The number of aryl methyl sites for hydroxylation is 1. The maximum Gasteiger partial charge on any atom is 0.260 e. The van der Waals surface area contributed by atoms with Gasteiger partial charge in [0, 0.05) is 18.4 Å². The van der Waals surface area contributed by atoms with Gasteiger partial charge >= 0.3 is 0 Å². The van der Waals surface area contributed by atoms with Crippen molar-refractivity contribution in [1.82, 2.24) is 4.98 Å². The summed E-state index contributed by atoms with van der Waals surface area (Å²) in [6.45, 7) is 3.01. The van der Waals surface area contributed by atoms with Gasteiger partial charge in [0.15, 0.2) is 15.0 Å². The second kappa shape index (κ2) is 8.57. The van der Waals surface area contributed by atoms with Gasteiger partial charge in [-0.25, -0.2) is 13.4 Å². The molecule has 31 heavy (non-hydrogen) atoms. The third-order valence-corrected chi connectivity index (χ3v) is 7.63. The zero-order valence-electron chi connectivity index (χ0n) is 17.6. The predicted molar refractivity (Wildman–Crippen MR) is 121 cm³/mol. The first-order valence-corrected chi connectivity index (χ1v) is 12.7. The van der Waals surface area contributed by atoms with Crippen molar-refractivity contribution in [1.29, 1.82) is 0 Å². The van der Waals surface area contributed by atoms with Crippen LogP contribution in [-0.2, 0) is 14.6 Å². The number of anilines is 1. The van der Waals surface area contributed by atoms with E-state index in [2.05, 4.69) is 0 Å². The summed E-state index contributed by atoms with van der Waals surface area (Å²) in [5.74, 6) is 0.336. The minimum atomic E-state index is -3.43. The highest BCUT2D eigenvalue weighted by atomic mass is 32.2. The fourth-order valence-corrected chi connectivity index (χ4v) is 5.36. The van der Waals surface area contributed by atoms with Crippen molar-refractivity contribution in [3.63, 3.8) is 0 Å². The number of hydrogen-bond donors (Lipinski definition) is 0. The van der Waals surface area contributed by atoms with Crippen LogP contribution < -0.4 is 9.64 Å². The lowest BCUT2D eigenvalue weighted by molar-refractivity contribution is 0.0917. The van der Waals surface area contributed by atoms with E-state index in [1.54, 1.807) is 24.1 Å². The monoisotopic (exact) mass is 460 g/mol. The van der Waals surface area contributed by atoms with Crippen LogP contribution in [-0.4, -0.2) is 51.9 Å². The van der Waals surface area contributed by atoms with E-state index in [-0.39, 0.29) is 16.9 Å². The molecule has 164 valence electrons. The number of rotatable bonds is 6. The third-order valence-electron chi connectivity index (χ3n) is 5.31. The normalized spacial score (nSPS) is 16.5. The molecule has 1 unspecified atom stereocenters. The summed E-state index contributed by atoms with van der Waals surface area (Å²) in [6, 6.07) is 9.94. The topological polar surface area (TPSA) is 85.8 Å². The molecule has 2 aromatic carbocycles. The summed E-state index contributed by atoms with van der Waals surface area (Å²) in [6.07, 6.45) is 2.85. The van der Waals surface area contributed by atoms with Crippen molar-refractivity contribution < 1.29 is 22.7 Å². The summed E-state index contributed by atoms with van der Waals surface area (Å²) in [4.78, 5) is 20.0. The van der Waals surface area contributed by atoms with Crippen molar-refractivity contribution in [3.8, 4) is 5.75 Å². The van der Waals surface area contributed by atoms with Gasteiger partial charge in [-0.15, -0.1) is 0 Å². The van der Waals surface area contributed by atoms with Crippen molar-refractivity contribution in [2.24, 2.45) is 0 Å². The SMILES string of the molecule is COc1ccc(C)c2sc(N(CC3CCCO3)C(=O)c3cccc(S(C)(=O)=O)c3)nc12. The van der Waals surface area contributed by atoms with Crippen LogP contribution in [0.2, 0.25) is 0 Å². The first-order chi connectivity index (χ1) is 14.8. The molecule has 7 nitrogen and oxygen atoms in total. The molecule has 1 aliphatic heterocycles. The highest BCUT2D eigenvalue weighted by Crippen LogP contribution is 2.37. The summed E-state index contributed by atoms with van der Waals surface area (Å²) >= 11 is 1.42. The second-order valence-corrected chi connectivity index (χ2v) is 10.6. The Balaban J connectivity index is 1.79. The molecule has 0 spiro atoms. The van der Waals surface area contributed by atoms with E-state index in [0.717, 1.165) is 29.4 Å². The number of ether oxygens (including phenoxy) is 2. The van der Waals surface area contributed by atoms with Gasteiger partial charge in [-0.05, 0) is 49.6 Å². The molecule has 2 heterocycles. The van der Waals surface area contributed by atoms with Crippen molar-refractivity contribution in [2.75, 3.05) is 31.4 Å². The fraction of sp³-hybridized carbons (Fsp3) is 0.364. The highest BCUT2D eigenvalue weighted by molar-refractivity contribution is 7.90. The van der Waals surface area contributed by atoms with Crippen LogP contribution in [0.3, 0.4) is 0 Å². The van der Waals surface area contributed by atoms with Crippen LogP contribution in [0.5, 0.6) is 5.75 Å². The van der Waals surface area contributed by atoms with Crippen LogP contribution in [0.4, 0.5) is 5.13 Å². The Morgan fingerprint density at radius 1 is 1.32 bits per heavy atom. The Hall–Kier alpha value is -2.49. The van der Waals surface area contributed by atoms with E-state index in [4.69, 9.17) is 14.5 Å². The molecular weight excluding hydrogens is 436 g/mol. The molecule has 4 rings (SSSR count). The minimum Gasteiger partial charge on any atom is -0.494 e. The Bertz CT molecular complexity index is 1230. The average molecular weight is 461 g/mol. The van der Waals surface area contributed by atoms with Crippen LogP contribution in [0.25, 0.3) is 10.2 Å². The van der Waals surface area contributed by atoms with Crippen molar-refractivity contribution in [2.45, 2.75) is 30.8 Å². The first-order valence-electron chi connectivity index (χ1n) is 9.95. The number of aromatic nitrogens is 1. The molecule has 0 aliphatic carbocycles. The van der Waals surface area contributed by atoms with Gasteiger partial charge in [0.1, 0.15) is 11.3 Å². The van der Waals surface area contributed by atoms with Crippen molar-refractivity contribution in [3.05, 3.63) is 47.5 Å². The van der Waals surface area contributed by atoms with Crippen LogP contribution in [0, 0.1) is 6.92 Å². The minimum absolute atomic E-state index is 0.0861. The Kier molecular flexibility index (Phi) is 6.00. The number of sulfone groups is 1. The first kappa shape index (κ1) is 21.7. The van der Waals surface area contributed by atoms with Gasteiger partial charge in [-0.1, -0.05) is 23.5 Å². The smallest absolute Gasteiger partial charge is 0.260 e. The van der Waals surface area contributed by atoms with Crippen molar-refractivity contribution >= 4 is 42.4 Å². The maximum atomic E-state index is 13.5. The number of carbonyl (C=O) groups excluding carboxylic acids is 1. The molecule has 1 saturated heterocycles. The largest absolute Gasteiger partial charge is 0.494 e. The van der Waals surface area contributed by atoms with E-state index in [9.17, 15) is 13.2 Å². The molecule has 1 aromatic heterocycles. The molecule has 1 amide bonds. The number of fused-ring (bicyclic) bond motifs is 1. The lowest BCUT2D eigenvalue weighted by atomic mass is 10.2. The van der Waals surface area contributed by atoms with E-state index in [0.29, 0.717) is 35.1 Å². The number of amides is 1. The molecule has 0 radical (unpaired) electrons. The molecule has 1 atom stereocenters. The maximum absolute atomic E-state index is 13.5. The van der Waals surface area contributed by atoms with Gasteiger partial charge in [0.2, 0.25) is 0 Å². The zero-order valence-corrected chi connectivity index (χ0v) is 19.3. The molecule has 1 fully saturated rings. The van der Waals surface area contributed by atoms with Gasteiger partial charge in [-0.3, -0.25) is 9.69 Å². The van der Waals surface area contributed by atoms with Gasteiger partial charge in [0.05, 0.1) is 29.4 Å². The molecule has 3 aromatic rings. The molecular formula is C22H24N2O5S2. The van der Waals surface area contributed by atoms with Crippen LogP contribution in [0.1, 0.15) is 28.8 Å². The summed E-state index contributed by atoms with van der Waals surface area (Å²) < 4.78 is 36.1. The average Bonchev–Trinajstić information content (AvgIpc) is 3.42. The number of carbonyl (C=O) groups is 1. The number of benzene rings is 2. The number of hydrogen-bond acceptors (Lipinski definition) is 7. The molecule has 1 aliphatic rings.